The summed E-state index contributed by atoms with van der Waals surface area (Å²) in [5.41, 5.74) is 0.334. The van der Waals surface area contributed by atoms with E-state index in [0.717, 1.165) is 0 Å². The molecule has 24 heavy (non-hydrogen) atoms. The summed E-state index contributed by atoms with van der Waals surface area (Å²) in [5.74, 6) is 0.145. The zero-order chi connectivity index (χ0) is 17.5. The Morgan fingerprint density at radius 3 is 2.75 bits per heavy atom. The topological polar surface area (TPSA) is 84.7 Å². The lowest BCUT2D eigenvalue weighted by atomic mass is 10.2. The zero-order valence-corrected chi connectivity index (χ0v) is 14.2. The monoisotopic (exact) mass is 351 g/mol. The van der Waals surface area contributed by atoms with Crippen molar-refractivity contribution in [1.82, 2.24) is 10.1 Å². The minimum absolute atomic E-state index is 0.153. The highest BCUT2D eigenvalue weighted by molar-refractivity contribution is 6.33. The molecule has 0 saturated carbocycles. The van der Waals surface area contributed by atoms with E-state index in [1.807, 2.05) is 0 Å². The number of hydrogen-bond acceptors (Lipinski definition) is 5. The first-order valence-corrected chi connectivity index (χ1v) is 7.65. The van der Waals surface area contributed by atoms with E-state index in [9.17, 15) is 9.59 Å². The van der Waals surface area contributed by atoms with Crippen LogP contribution in [0.2, 0.25) is 5.02 Å². The average molecular weight is 352 g/mol. The van der Waals surface area contributed by atoms with Crippen molar-refractivity contribution in [3.8, 4) is 0 Å². The van der Waals surface area contributed by atoms with Crippen LogP contribution in [-0.2, 0) is 9.53 Å². The Morgan fingerprint density at radius 2 is 2.12 bits per heavy atom. The number of aromatic nitrogens is 1. The van der Waals surface area contributed by atoms with Gasteiger partial charge in [0.15, 0.2) is 5.82 Å². The number of benzene rings is 1. The third-order valence-corrected chi connectivity index (χ3v) is 3.52. The number of aryl methyl sites for hydroxylation is 1. The van der Waals surface area contributed by atoms with Gasteiger partial charge in [0.25, 0.3) is 5.91 Å². The number of ether oxygens (including phenoxy) is 1. The zero-order valence-electron chi connectivity index (χ0n) is 13.4. The van der Waals surface area contributed by atoms with Crippen LogP contribution in [0.1, 0.15) is 16.1 Å². The molecule has 2 aromatic rings. The summed E-state index contributed by atoms with van der Waals surface area (Å²) in [5, 5.41) is 6.60. The van der Waals surface area contributed by atoms with Gasteiger partial charge in [0.1, 0.15) is 12.3 Å². The molecule has 0 aliphatic carbocycles. The van der Waals surface area contributed by atoms with Crippen LogP contribution in [0.15, 0.2) is 34.9 Å². The number of hydrogen-bond donors (Lipinski definition) is 1. The number of methoxy groups -OCH3 is 1. The number of anilines is 1. The first kappa shape index (κ1) is 18.0. The average Bonchev–Trinajstić information content (AvgIpc) is 2.96. The van der Waals surface area contributed by atoms with Crippen molar-refractivity contribution in [2.75, 3.05) is 32.1 Å². The second-order valence-corrected chi connectivity index (χ2v) is 5.48. The van der Waals surface area contributed by atoms with Crippen LogP contribution in [0.25, 0.3) is 0 Å². The van der Waals surface area contributed by atoms with E-state index in [1.165, 1.54) is 12.0 Å². The molecule has 0 aliphatic heterocycles. The van der Waals surface area contributed by atoms with Gasteiger partial charge in [-0.15, -0.1) is 0 Å². The maximum Gasteiger partial charge on any atom is 0.255 e. The van der Waals surface area contributed by atoms with Crippen LogP contribution in [-0.4, -0.2) is 48.7 Å². The van der Waals surface area contributed by atoms with Gasteiger partial charge in [0, 0.05) is 19.7 Å². The van der Waals surface area contributed by atoms with E-state index in [4.69, 9.17) is 20.9 Å². The Kier molecular flexibility index (Phi) is 6.34. The lowest BCUT2D eigenvalue weighted by Gasteiger charge is -2.22. The smallest absolute Gasteiger partial charge is 0.255 e. The largest absolute Gasteiger partial charge is 0.383 e. The van der Waals surface area contributed by atoms with E-state index >= 15 is 0 Å². The van der Waals surface area contributed by atoms with Crippen molar-refractivity contribution < 1.29 is 18.8 Å². The lowest BCUT2D eigenvalue weighted by Crippen LogP contribution is -2.40. The molecular weight excluding hydrogens is 334 g/mol. The molecule has 0 aliphatic rings. The third kappa shape index (κ3) is 4.81. The summed E-state index contributed by atoms with van der Waals surface area (Å²) in [6.07, 6.45) is 0. The van der Waals surface area contributed by atoms with Gasteiger partial charge in [-0.05, 0) is 19.1 Å². The number of amides is 2. The van der Waals surface area contributed by atoms with E-state index < -0.39 is 0 Å². The summed E-state index contributed by atoms with van der Waals surface area (Å²) in [4.78, 5) is 26.2. The van der Waals surface area contributed by atoms with E-state index in [-0.39, 0.29) is 24.9 Å². The van der Waals surface area contributed by atoms with E-state index in [0.29, 0.717) is 28.8 Å². The van der Waals surface area contributed by atoms with E-state index in [2.05, 4.69) is 10.5 Å². The Labute approximate surface area is 144 Å². The lowest BCUT2D eigenvalue weighted by molar-refractivity contribution is -0.117. The van der Waals surface area contributed by atoms with Crippen molar-refractivity contribution in [2.24, 2.45) is 0 Å². The molecule has 0 atom stereocenters. The molecule has 2 amide bonds. The summed E-state index contributed by atoms with van der Waals surface area (Å²) < 4.78 is 9.89. The summed E-state index contributed by atoms with van der Waals surface area (Å²) in [6.45, 7) is 2.12. The summed E-state index contributed by atoms with van der Waals surface area (Å²) >= 11 is 6.06. The van der Waals surface area contributed by atoms with Gasteiger partial charge in [0.05, 0.1) is 17.2 Å². The van der Waals surface area contributed by atoms with Crippen molar-refractivity contribution in [1.29, 1.82) is 0 Å². The first-order valence-electron chi connectivity index (χ1n) is 7.27. The van der Waals surface area contributed by atoms with Gasteiger partial charge in [0.2, 0.25) is 5.91 Å². The Bertz CT molecular complexity index is 717. The molecule has 7 nitrogen and oxygen atoms in total. The SMILES string of the molecule is COCCN(CC(=O)Nc1cc(C)on1)C(=O)c1ccccc1Cl. The van der Waals surface area contributed by atoms with Gasteiger partial charge >= 0.3 is 0 Å². The van der Waals surface area contributed by atoms with Crippen LogP contribution in [0, 0.1) is 6.92 Å². The number of carbonyl (C=O) groups is 2. The molecule has 1 N–H and O–H groups in total. The number of carbonyl (C=O) groups excluding carboxylic acids is 2. The van der Waals surface area contributed by atoms with Crippen molar-refractivity contribution in [2.45, 2.75) is 6.92 Å². The molecule has 2 rings (SSSR count). The quantitative estimate of drug-likeness (QED) is 0.827. The van der Waals surface area contributed by atoms with Crippen LogP contribution < -0.4 is 5.32 Å². The molecule has 1 aromatic carbocycles. The number of rotatable bonds is 7. The molecule has 0 unspecified atom stereocenters. The predicted octanol–water partition coefficient (Wildman–Crippen LogP) is 2.36. The second-order valence-electron chi connectivity index (χ2n) is 5.07. The number of nitrogens with one attached hydrogen (secondary N) is 1. The highest BCUT2D eigenvalue weighted by Gasteiger charge is 2.21. The summed E-state index contributed by atoms with van der Waals surface area (Å²) in [7, 11) is 1.52. The first-order chi connectivity index (χ1) is 11.5. The maximum atomic E-state index is 12.6. The van der Waals surface area contributed by atoms with Gasteiger partial charge in [-0.3, -0.25) is 9.59 Å². The Hall–Kier alpha value is -2.38. The minimum Gasteiger partial charge on any atom is -0.383 e. The normalized spacial score (nSPS) is 10.5. The maximum absolute atomic E-state index is 12.6. The molecule has 0 fully saturated rings. The van der Waals surface area contributed by atoms with Gasteiger partial charge in [-0.2, -0.15) is 0 Å². The molecule has 128 valence electrons. The Balaban J connectivity index is 2.08. The molecule has 1 heterocycles. The minimum atomic E-state index is -0.389. The van der Waals surface area contributed by atoms with Crippen molar-refractivity contribution in [3.63, 3.8) is 0 Å². The number of halogens is 1. The highest BCUT2D eigenvalue weighted by atomic mass is 35.5. The van der Waals surface area contributed by atoms with Crippen molar-refractivity contribution >= 4 is 29.2 Å². The third-order valence-electron chi connectivity index (χ3n) is 3.19. The fourth-order valence-electron chi connectivity index (χ4n) is 2.04. The Morgan fingerprint density at radius 1 is 1.38 bits per heavy atom. The fourth-order valence-corrected chi connectivity index (χ4v) is 2.26. The fraction of sp³-hybridized carbons (Fsp3) is 0.312. The summed E-state index contributed by atoms with van der Waals surface area (Å²) in [6, 6.07) is 8.28. The molecule has 0 radical (unpaired) electrons. The van der Waals surface area contributed by atoms with Crippen molar-refractivity contribution in [3.05, 3.63) is 46.7 Å². The molecule has 0 spiro atoms. The number of nitrogens with zero attached hydrogens (tertiary/aromatic N) is 2. The standard InChI is InChI=1S/C16H18ClN3O4/c1-11-9-14(19-24-11)18-15(21)10-20(7-8-23-2)16(22)12-5-3-4-6-13(12)17/h3-6,9H,7-8,10H2,1-2H3,(H,18,19,21). The van der Waals surface area contributed by atoms with Crippen LogP contribution in [0.3, 0.4) is 0 Å². The van der Waals surface area contributed by atoms with Crippen LogP contribution in [0.4, 0.5) is 5.82 Å². The van der Waals surface area contributed by atoms with Crippen LogP contribution in [0.5, 0.6) is 0 Å². The highest BCUT2D eigenvalue weighted by Crippen LogP contribution is 2.17. The molecule has 8 heteroatoms. The van der Waals surface area contributed by atoms with E-state index in [1.54, 1.807) is 37.3 Å². The molecule has 1 aromatic heterocycles. The molecular formula is C16H18ClN3O4. The molecule has 0 bridgehead atoms. The van der Waals surface area contributed by atoms with Gasteiger partial charge < -0.3 is 19.5 Å². The van der Waals surface area contributed by atoms with Crippen LogP contribution >= 0.6 is 11.6 Å². The van der Waals surface area contributed by atoms with Gasteiger partial charge in [-0.1, -0.05) is 28.9 Å². The second kappa shape index (κ2) is 8.47. The van der Waals surface area contributed by atoms with Gasteiger partial charge in [-0.25, -0.2) is 0 Å². The molecule has 0 saturated heterocycles. The predicted molar refractivity (Wildman–Crippen MR) is 89.1 cm³/mol.